The fraction of sp³-hybridized carbons (Fsp3) is 0.438. The molecule has 0 saturated carbocycles. The van der Waals surface area contributed by atoms with E-state index in [1.54, 1.807) is 14.2 Å². The molecule has 1 aromatic heterocycles. The van der Waals surface area contributed by atoms with Crippen LogP contribution in [0.4, 0.5) is 5.13 Å². The van der Waals surface area contributed by atoms with E-state index in [-0.39, 0.29) is 5.91 Å². The van der Waals surface area contributed by atoms with E-state index in [0.717, 1.165) is 23.4 Å². The molecule has 1 amide bonds. The molecule has 0 fully saturated rings. The summed E-state index contributed by atoms with van der Waals surface area (Å²) in [7, 11) is 3.18. The molecule has 2 aromatic rings. The van der Waals surface area contributed by atoms with Gasteiger partial charge in [0.05, 0.1) is 14.2 Å². The van der Waals surface area contributed by atoms with Crippen molar-refractivity contribution < 1.29 is 14.3 Å². The molecule has 0 atom stereocenters. The molecule has 2 rings (SSSR count). The first-order valence-corrected chi connectivity index (χ1v) is 8.90. The highest BCUT2D eigenvalue weighted by molar-refractivity contribution is 7.15. The smallest absolute Gasteiger partial charge is 0.226 e. The number of amides is 1. The summed E-state index contributed by atoms with van der Waals surface area (Å²) in [6.45, 7) is 0. The summed E-state index contributed by atoms with van der Waals surface area (Å²) in [6.07, 6.45) is 2.59. The van der Waals surface area contributed by atoms with Crippen LogP contribution in [0.5, 0.6) is 11.5 Å². The zero-order chi connectivity index (χ0) is 17.4. The number of halogens is 1. The van der Waals surface area contributed by atoms with Crippen molar-refractivity contribution in [3.8, 4) is 11.5 Å². The van der Waals surface area contributed by atoms with Crippen molar-refractivity contribution in [2.75, 3.05) is 25.4 Å². The zero-order valence-corrected chi connectivity index (χ0v) is 15.2. The van der Waals surface area contributed by atoms with E-state index in [1.807, 2.05) is 18.2 Å². The van der Waals surface area contributed by atoms with Gasteiger partial charge in [0.2, 0.25) is 11.0 Å². The number of hydrogen-bond acceptors (Lipinski definition) is 6. The van der Waals surface area contributed by atoms with Crippen LogP contribution in [0.1, 0.15) is 23.4 Å². The second-order valence-corrected chi connectivity index (χ2v) is 6.47. The second-order valence-electron chi connectivity index (χ2n) is 5.03. The van der Waals surface area contributed by atoms with Gasteiger partial charge in [0, 0.05) is 18.7 Å². The van der Waals surface area contributed by atoms with E-state index in [4.69, 9.17) is 21.1 Å². The summed E-state index contributed by atoms with van der Waals surface area (Å²) in [5.41, 5.74) is 1.00. The summed E-state index contributed by atoms with van der Waals surface area (Å²) >= 11 is 7.04. The number of aromatic nitrogens is 2. The highest BCUT2D eigenvalue weighted by atomic mass is 35.5. The van der Waals surface area contributed by atoms with Crippen molar-refractivity contribution in [3.63, 3.8) is 0 Å². The topological polar surface area (TPSA) is 73.3 Å². The van der Waals surface area contributed by atoms with Crippen LogP contribution < -0.4 is 14.8 Å². The molecule has 0 radical (unpaired) electrons. The van der Waals surface area contributed by atoms with Crippen molar-refractivity contribution in [1.29, 1.82) is 0 Å². The van der Waals surface area contributed by atoms with Crippen molar-refractivity contribution in [2.24, 2.45) is 0 Å². The second kappa shape index (κ2) is 9.44. The van der Waals surface area contributed by atoms with Crippen LogP contribution in [-0.4, -0.2) is 36.2 Å². The lowest BCUT2D eigenvalue weighted by molar-refractivity contribution is -0.116. The lowest BCUT2D eigenvalue weighted by Gasteiger charge is -2.09. The standard InChI is InChI=1S/C16H20ClN3O3S/c1-22-12-7-5-11(10-13(12)23-2)6-8-14(21)18-16-20-19-15(24-16)4-3-9-17/h5,7,10H,3-4,6,8-9H2,1-2H3,(H,18,20,21). The first-order valence-electron chi connectivity index (χ1n) is 7.55. The Labute approximate surface area is 150 Å². The molecule has 0 bridgehead atoms. The number of rotatable bonds is 9. The van der Waals surface area contributed by atoms with Gasteiger partial charge in [0.1, 0.15) is 5.01 Å². The Morgan fingerprint density at radius 3 is 2.71 bits per heavy atom. The number of carbonyl (C=O) groups excluding carboxylic acids is 1. The van der Waals surface area contributed by atoms with Crippen LogP contribution in [0.25, 0.3) is 0 Å². The highest BCUT2D eigenvalue weighted by Crippen LogP contribution is 2.28. The van der Waals surface area contributed by atoms with Crippen LogP contribution in [0, 0.1) is 0 Å². The number of ether oxygens (including phenoxy) is 2. The Hall–Kier alpha value is -1.86. The van der Waals surface area contributed by atoms with Crippen molar-refractivity contribution in [2.45, 2.75) is 25.7 Å². The average molecular weight is 370 g/mol. The van der Waals surface area contributed by atoms with Gasteiger partial charge in [-0.25, -0.2) is 0 Å². The summed E-state index contributed by atoms with van der Waals surface area (Å²) in [5.74, 6) is 1.82. The minimum absolute atomic E-state index is 0.0928. The van der Waals surface area contributed by atoms with Crippen LogP contribution >= 0.6 is 22.9 Å². The normalized spacial score (nSPS) is 10.5. The molecule has 6 nitrogen and oxygen atoms in total. The molecule has 24 heavy (non-hydrogen) atoms. The number of carbonyl (C=O) groups is 1. The van der Waals surface area contributed by atoms with E-state index >= 15 is 0 Å². The van der Waals surface area contributed by atoms with E-state index in [0.29, 0.717) is 35.4 Å². The largest absolute Gasteiger partial charge is 0.493 e. The van der Waals surface area contributed by atoms with E-state index < -0.39 is 0 Å². The van der Waals surface area contributed by atoms with Gasteiger partial charge in [-0.15, -0.1) is 21.8 Å². The Morgan fingerprint density at radius 2 is 2.00 bits per heavy atom. The van der Waals surface area contributed by atoms with E-state index in [9.17, 15) is 4.79 Å². The number of nitrogens with one attached hydrogen (secondary N) is 1. The van der Waals surface area contributed by atoms with Crippen molar-refractivity contribution in [3.05, 3.63) is 28.8 Å². The molecule has 0 aliphatic rings. The van der Waals surface area contributed by atoms with Gasteiger partial charge in [-0.1, -0.05) is 17.4 Å². The minimum Gasteiger partial charge on any atom is -0.493 e. The van der Waals surface area contributed by atoms with Gasteiger partial charge in [0.15, 0.2) is 11.5 Å². The molecule has 8 heteroatoms. The number of alkyl halides is 1. The minimum atomic E-state index is -0.0928. The molecule has 1 aromatic carbocycles. The monoisotopic (exact) mass is 369 g/mol. The average Bonchev–Trinajstić information content (AvgIpc) is 3.05. The Bertz CT molecular complexity index is 678. The molecule has 1 heterocycles. The molecule has 0 spiro atoms. The molecule has 130 valence electrons. The van der Waals surface area contributed by atoms with E-state index in [1.165, 1.54) is 11.3 Å². The van der Waals surface area contributed by atoms with Gasteiger partial charge < -0.3 is 14.8 Å². The third-order valence-electron chi connectivity index (χ3n) is 3.33. The maximum absolute atomic E-state index is 12.0. The van der Waals surface area contributed by atoms with Gasteiger partial charge in [0.25, 0.3) is 0 Å². The Balaban J connectivity index is 1.85. The third kappa shape index (κ3) is 5.35. The molecular formula is C16H20ClN3O3S. The third-order valence-corrected chi connectivity index (χ3v) is 4.49. The number of aryl methyl sites for hydroxylation is 2. The Kier molecular flexibility index (Phi) is 7.27. The molecule has 0 aliphatic heterocycles. The molecule has 0 saturated heterocycles. The van der Waals surface area contributed by atoms with Crippen LogP contribution in [0.3, 0.4) is 0 Å². The maximum Gasteiger partial charge on any atom is 0.226 e. The number of methoxy groups -OCH3 is 2. The SMILES string of the molecule is COc1ccc(CCC(=O)Nc2nnc(CCCCl)s2)cc1OC. The number of benzene rings is 1. The summed E-state index contributed by atoms with van der Waals surface area (Å²) in [5, 5.41) is 12.2. The quantitative estimate of drug-likeness (QED) is 0.686. The first-order chi connectivity index (χ1) is 11.7. The van der Waals surface area contributed by atoms with Crippen molar-refractivity contribution in [1.82, 2.24) is 10.2 Å². The van der Waals surface area contributed by atoms with Gasteiger partial charge in [-0.2, -0.15) is 0 Å². The lowest BCUT2D eigenvalue weighted by Crippen LogP contribution is -2.12. The van der Waals surface area contributed by atoms with Gasteiger partial charge in [-0.3, -0.25) is 4.79 Å². The maximum atomic E-state index is 12.0. The van der Waals surface area contributed by atoms with Gasteiger partial charge >= 0.3 is 0 Å². The van der Waals surface area contributed by atoms with E-state index in [2.05, 4.69) is 15.5 Å². The lowest BCUT2D eigenvalue weighted by atomic mass is 10.1. The zero-order valence-electron chi connectivity index (χ0n) is 13.7. The number of anilines is 1. The molecule has 1 N–H and O–H groups in total. The number of hydrogen-bond donors (Lipinski definition) is 1. The van der Waals surface area contributed by atoms with Crippen LogP contribution in [0.15, 0.2) is 18.2 Å². The van der Waals surface area contributed by atoms with Gasteiger partial charge in [-0.05, 0) is 30.5 Å². The fourth-order valence-corrected chi connectivity index (χ4v) is 3.03. The first kappa shape index (κ1) is 18.5. The summed E-state index contributed by atoms with van der Waals surface area (Å²) in [4.78, 5) is 12.0. The van der Waals surface area contributed by atoms with Crippen molar-refractivity contribution >= 4 is 34.0 Å². The molecule has 0 aliphatic carbocycles. The van der Waals surface area contributed by atoms with Crippen LogP contribution in [-0.2, 0) is 17.6 Å². The number of nitrogens with zero attached hydrogens (tertiary/aromatic N) is 2. The van der Waals surface area contributed by atoms with Crippen LogP contribution in [0.2, 0.25) is 0 Å². The predicted molar refractivity (Wildman–Crippen MR) is 95.4 cm³/mol. The fourth-order valence-electron chi connectivity index (χ4n) is 2.10. The predicted octanol–water partition coefficient (Wildman–Crippen LogP) is 3.30. The molecule has 0 unspecified atom stereocenters. The highest BCUT2D eigenvalue weighted by Gasteiger charge is 2.10. The molecular weight excluding hydrogens is 350 g/mol. The Morgan fingerprint density at radius 1 is 1.21 bits per heavy atom. The summed E-state index contributed by atoms with van der Waals surface area (Å²) in [6, 6.07) is 5.63. The summed E-state index contributed by atoms with van der Waals surface area (Å²) < 4.78 is 10.5.